The lowest BCUT2D eigenvalue weighted by Crippen LogP contribution is -2.30. The molecular formula is C79H154O17P2. The van der Waals surface area contributed by atoms with Crippen molar-refractivity contribution in [2.45, 2.75) is 426 Å². The van der Waals surface area contributed by atoms with Gasteiger partial charge in [0.1, 0.15) is 19.3 Å². The summed E-state index contributed by atoms with van der Waals surface area (Å²) < 4.78 is 68.7. The molecule has 17 nitrogen and oxygen atoms in total. The van der Waals surface area contributed by atoms with E-state index in [1.54, 1.807) is 0 Å². The molecule has 0 amide bonds. The predicted octanol–water partition coefficient (Wildman–Crippen LogP) is 23.4. The number of esters is 4. The fourth-order valence-electron chi connectivity index (χ4n) is 12.1. The Balaban J connectivity index is 5.27. The van der Waals surface area contributed by atoms with Crippen LogP contribution in [0.2, 0.25) is 0 Å². The lowest BCUT2D eigenvalue weighted by molar-refractivity contribution is -0.161. The number of ether oxygens (including phenoxy) is 4. The zero-order valence-electron chi connectivity index (χ0n) is 64.3. The summed E-state index contributed by atoms with van der Waals surface area (Å²) in [7, 11) is -9.92. The number of rotatable bonds is 77. The molecule has 0 rings (SSSR count). The van der Waals surface area contributed by atoms with Gasteiger partial charge in [0, 0.05) is 25.7 Å². The fourth-order valence-corrected chi connectivity index (χ4v) is 13.7. The van der Waals surface area contributed by atoms with Gasteiger partial charge < -0.3 is 33.8 Å². The molecule has 0 saturated carbocycles. The van der Waals surface area contributed by atoms with Gasteiger partial charge in [-0.15, -0.1) is 0 Å². The molecule has 6 atom stereocenters. The number of aliphatic hydroxyl groups is 1. The van der Waals surface area contributed by atoms with Gasteiger partial charge in [-0.2, -0.15) is 0 Å². The summed E-state index contributed by atoms with van der Waals surface area (Å²) in [5.41, 5.74) is 0. The molecule has 0 heterocycles. The van der Waals surface area contributed by atoms with Crippen LogP contribution in [0.1, 0.15) is 408 Å². The highest BCUT2D eigenvalue weighted by molar-refractivity contribution is 7.47. The predicted molar refractivity (Wildman–Crippen MR) is 400 cm³/mol. The molecule has 3 unspecified atom stereocenters. The van der Waals surface area contributed by atoms with Gasteiger partial charge in [0.15, 0.2) is 12.2 Å². The Kier molecular flexibility index (Phi) is 68.1. The van der Waals surface area contributed by atoms with Gasteiger partial charge in [0.2, 0.25) is 0 Å². The van der Waals surface area contributed by atoms with Crippen LogP contribution in [-0.4, -0.2) is 96.7 Å². The van der Waals surface area contributed by atoms with E-state index in [1.165, 1.54) is 218 Å². The van der Waals surface area contributed by atoms with E-state index in [9.17, 15) is 43.2 Å². The molecule has 0 aromatic heterocycles. The molecule has 3 N–H and O–H groups in total. The van der Waals surface area contributed by atoms with Crippen molar-refractivity contribution >= 4 is 39.5 Å². The first-order valence-corrected chi connectivity index (χ1v) is 43.9. The van der Waals surface area contributed by atoms with Crippen LogP contribution in [-0.2, 0) is 65.4 Å². The monoisotopic (exact) mass is 1440 g/mol. The van der Waals surface area contributed by atoms with Crippen molar-refractivity contribution in [3.8, 4) is 0 Å². The maximum Gasteiger partial charge on any atom is 0.472 e. The van der Waals surface area contributed by atoms with Crippen molar-refractivity contribution in [2.75, 3.05) is 39.6 Å². The van der Waals surface area contributed by atoms with Crippen LogP contribution < -0.4 is 0 Å². The van der Waals surface area contributed by atoms with Crippen LogP contribution in [0.4, 0.5) is 0 Å². The van der Waals surface area contributed by atoms with Gasteiger partial charge in [-0.1, -0.05) is 357 Å². The van der Waals surface area contributed by atoms with Crippen LogP contribution >= 0.6 is 15.6 Å². The maximum absolute atomic E-state index is 13.1. The average Bonchev–Trinajstić information content (AvgIpc) is 1.08. The summed E-state index contributed by atoms with van der Waals surface area (Å²) in [5, 5.41) is 10.6. The molecular weight excluding hydrogens is 1280 g/mol. The Labute approximate surface area is 600 Å². The Hall–Kier alpha value is -1.94. The van der Waals surface area contributed by atoms with E-state index in [0.29, 0.717) is 25.7 Å². The van der Waals surface area contributed by atoms with E-state index in [-0.39, 0.29) is 25.7 Å². The first kappa shape index (κ1) is 96.1. The Morgan fingerprint density at radius 3 is 0.776 bits per heavy atom. The van der Waals surface area contributed by atoms with Gasteiger partial charge in [0.05, 0.1) is 26.4 Å². The molecule has 0 bridgehead atoms. The minimum absolute atomic E-state index is 0.106. The SMILES string of the molecule is CCCCCCCCCCCCCCCCCCC(=O)OC[C@H](COP(=O)(O)OC[C@@H](O)COP(=O)(O)OC[C@@H](COC(=O)CCCCCCCCCCC(C)CC)OC(=O)CCCCCCCCCCCCCC(C)C)OC(=O)CCCCCCCCCCCCCCCC(C)C. The van der Waals surface area contributed by atoms with Gasteiger partial charge >= 0.3 is 39.5 Å². The van der Waals surface area contributed by atoms with Crippen molar-refractivity contribution in [2.24, 2.45) is 17.8 Å². The van der Waals surface area contributed by atoms with Crippen molar-refractivity contribution in [3.63, 3.8) is 0 Å². The zero-order valence-corrected chi connectivity index (χ0v) is 66.0. The smallest absolute Gasteiger partial charge is 0.462 e. The Morgan fingerprint density at radius 2 is 0.520 bits per heavy atom. The molecule has 0 aromatic carbocycles. The minimum atomic E-state index is -4.96. The van der Waals surface area contributed by atoms with E-state index in [0.717, 1.165) is 108 Å². The van der Waals surface area contributed by atoms with Gasteiger partial charge in [-0.25, -0.2) is 9.13 Å². The summed E-state index contributed by atoms with van der Waals surface area (Å²) in [6.07, 6.45) is 56.7. The molecule has 0 aliphatic rings. The molecule has 0 saturated heterocycles. The molecule has 0 aromatic rings. The molecule has 582 valence electrons. The zero-order chi connectivity index (χ0) is 72.3. The molecule has 19 heteroatoms. The maximum atomic E-state index is 13.1. The number of carbonyl (C=O) groups is 4. The summed E-state index contributed by atoms with van der Waals surface area (Å²) in [6, 6.07) is 0. The highest BCUT2D eigenvalue weighted by Gasteiger charge is 2.30. The van der Waals surface area contributed by atoms with Crippen LogP contribution in [0.25, 0.3) is 0 Å². The van der Waals surface area contributed by atoms with Crippen LogP contribution in [0.15, 0.2) is 0 Å². The van der Waals surface area contributed by atoms with Crippen LogP contribution in [0.3, 0.4) is 0 Å². The number of phosphoric acid groups is 2. The normalized spacial score (nSPS) is 14.3. The second-order valence-electron chi connectivity index (χ2n) is 29.6. The van der Waals surface area contributed by atoms with E-state index in [1.807, 2.05) is 0 Å². The van der Waals surface area contributed by atoms with Crippen LogP contribution in [0.5, 0.6) is 0 Å². The van der Waals surface area contributed by atoms with E-state index in [2.05, 4.69) is 48.5 Å². The Morgan fingerprint density at radius 1 is 0.296 bits per heavy atom. The standard InChI is InChI=1S/C79H154O17P2/c1-8-10-11-12-13-14-15-16-17-18-21-26-31-39-46-53-60-76(81)89-66-74(95-78(83)62-55-48-41-32-27-22-19-20-24-29-36-43-50-57-70(3)4)68-93-97(85,86)91-64-73(80)65-92-98(87,88)94-69-75(67-90-77(82)61-54-47-40-35-34-38-45-52-59-72(7)9-2)96-79(84)63-56-49-42-33-28-23-25-30-37-44-51-58-71(5)6/h70-75,80H,8-69H2,1-7H3,(H,85,86)(H,87,88)/t72?,73-,74-,75-/m1/s1. The minimum Gasteiger partial charge on any atom is -0.462 e. The number of unbranched alkanes of at least 4 members (excludes halogenated alkanes) is 44. The molecule has 0 aliphatic carbocycles. The highest BCUT2D eigenvalue weighted by Crippen LogP contribution is 2.45. The average molecular weight is 1440 g/mol. The third-order valence-corrected chi connectivity index (χ3v) is 20.6. The number of phosphoric ester groups is 2. The van der Waals surface area contributed by atoms with Gasteiger partial charge in [-0.3, -0.25) is 37.3 Å². The van der Waals surface area contributed by atoms with Crippen molar-refractivity contribution < 1.29 is 80.2 Å². The summed E-state index contributed by atoms with van der Waals surface area (Å²) in [5.74, 6) is 0.217. The molecule has 0 fully saturated rings. The van der Waals surface area contributed by atoms with Crippen molar-refractivity contribution in [1.29, 1.82) is 0 Å². The van der Waals surface area contributed by atoms with Crippen molar-refractivity contribution in [3.05, 3.63) is 0 Å². The van der Waals surface area contributed by atoms with Crippen molar-refractivity contribution in [1.82, 2.24) is 0 Å². The first-order chi connectivity index (χ1) is 47.3. The number of hydrogen-bond donors (Lipinski definition) is 3. The lowest BCUT2D eigenvalue weighted by atomic mass is 9.99. The van der Waals surface area contributed by atoms with Crippen LogP contribution in [0, 0.1) is 17.8 Å². The number of hydrogen-bond acceptors (Lipinski definition) is 15. The summed E-state index contributed by atoms with van der Waals surface area (Å²) in [4.78, 5) is 73.0. The van der Waals surface area contributed by atoms with E-state index in [4.69, 9.17) is 37.0 Å². The second-order valence-corrected chi connectivity index (χ2v) is 32.6. The molecule has 0 spiro atoms. The first-order valence-electron chi connectivity index (χ1n) is 40.9. The third kappa shape index (κ3) is 71.1. The molecule has 98 heavy (non-hydrogen) atoms. The highest BCUT2D eigenvalue weighted by atomic mass is 31.2. The van der Waals surface area contributed by atoms with E-state index >= 15 is 0 Å². The van der Waals surface area contributed by atoms with Gasteiger partial charge in [-0.05, 0) is 43.4 Å². The fraction of sp³-hybridized carbons (Fsp3) is 0.949. The summed E-state index contributed by atoms with van der Waals surface area (Å²) in [6.45, 7) is 11.9. The molecule has 0 aliphatic heterocycles. The Bertz CT molecular complexity index is 1910. The topological polar surface area (TPSA) is 237 Å². The number of carbonyl (C=O) groups excluding carboxylic acids is 4. The van der Waals surface area contributed by atoms with Gasteiger partial charge in [0.25, 0.3) is 0 Å². The lowest BCUT2D eigenvalue weighted by Gasteiger charge is -2.21. The molecule has 0 radical (unpaired) electrons. The van der Waals surface area contributed by atoms with E-state index < -0.39 is 97.5 Å². The largest absolute Gasteiger partial charge is 0.472 e. The quantitative estimate of drug-likeness (QED) is 0.0222. The third-order valence-electron chi connectivity index (χ3n) is 18.7. The second kappa shape index (κ2) is 69.4. The number of aliphatic hydroxyl groups excluding tert-OH is 1. The summed E-state index contributed by atoms with van der Waals surface area (Å²) >= 11 is 0.